The summed E-state index contributed by atoms with van der Waals surface area (Å²) < 4.78 is 34.2. The van der Waals surface area contributed by atoms with Crippen molar-refractivity contribution in [3.8, 4) is 11.8 Å². The number of methoxy groups -OCH3 is 1. The van der Waals surface area contributed by atoms with Crippen LogP contribution in [-0.4, -0.2) is 33.0 Å². The SMILES string of the molecule is CCCC1CC(=O)C2=C(C1)NC(C)=C(C#N)C2c1cc(Br)c(NC(=O)c2cccc(OC)c2)c(NS(=O)(=O)CCC)c1. The Balaban J connectivity index is 1.85. The number of anilines is 2. The summed E-state index contributed by atoms with van der Waals surface area (Å²) in [5, 5.41) is 16.3. The first kappa shape index (κ1) is 31.3. The highest BCUT2D eigenvalue weighted by molar-refractivity contribution is 9.10. The summed E-state index contributed by atoms with van der Waals surface area (Å²) >= 11 is 3.54. The lowest BCUT2D eigenvalue weighted by molar-refractivity contribution is -0.117. The Hall–Kier alpha value is -3.62. The zero-order valence-electron chi connectivity index (χ0n) is 24.1. The second-order valence-corrected chi connectivity index (χ2v) is 13.3. The van der Waals surface area contributed by atoms with Crippen LogP contribution < -0.4 is 20.1 Å². The van der Waals surface area contributed by atoms with Crippen LogP contribution in [0.2, 0.25) is 0 Å². The van der Waals surface area contributed by atoms with Crippen molar-refractivity contribution in [2.45, 2.75) is 58.8 Å². The van der Waals surface area contributed by atoms with Gasteiger partial charge >= 0.3 is 0 Å². The molecule has 0 spiro atoms. The van der Waals surface area contributed by atoms with Gasteiger partial charge in [0.15, 0.2) is 5.78 Å². The molecule has 0 saturated carbocycles. The van der Waals surface area contributed by atoms with E-state index in [0.29, 0.717) is 57.5 Å². The number of ketones is 1. The molecule has 0 saturated heterocycles. The van der Waals surface area contributed by atoms with Crippen molar-refractivity contribution in [1.29, 1.82) is 5.26 Å². The van der Waals surface area contributed by atoms with Gasteiger partial charge in [0, 0.05) is 33.4 Å². The third-order valence-corrected chi connectivity index (χ3v) is 9.59. The standard InChI is InChI=1S/C31H35BrN4O5S/c1-5-8-19-12-25-29(27(37)13-19)28(23(17-33)18(3)34-25)21-15-24(32)30(26(16-21)36-42(39,40)11-6-2)35-31(38)20-9-7-10-22(14-20)41-4/h7,9-10,14-16,19,28,34,36H,5-6,8,11-13H2,1-4H3,(H,35,38). The van der Waals surface area contributed by atoms with E-state index in [1.54, 1.807) is 43.3 Å². The zero-order valence-corrected chi connectivity index (χ0v) is 26.5. The van der Waals surface area contributed by atoms with Crippen molar-refractivity contribution < 1.29 is 22.7 Å². The fourth-order valence-electron chi connectivity index (χ4n) is 5.65. The minimum atomic E-state index is -3.77. The Morgan fingerprint density at radius 2 is 1.95 bits per heavy atom. The van der Waals surface area contributed by atoms with Crippen LogP contribution in [0.4, 0.5) is 11.4 Å². The van der Waals surface area contributed by atoms with Crippen LogP contribution in [0.15, 0.2) is 63.4 Å². The van der Waals surface area contributed by atoms with Crippen molar-refractivity contribution >= 4 is 49.0 Å². The number of ether oxygens (including phenoxy) is 1. The summed E-state index contributed by atoms with van der Waals surface area (Å²) in [6, 6.07) is 12.2. The fourth-order valence-corrected chi connectivity index (χ4v) is 7.37. The molecule has 1 aliphatic carbocycles. The molecule has 2 atom stereocenters. The molecule has 1 heterocycles. The van der Waals surface area contributed by atoms with Crippen molar-refractivity contribution in [1.82, 2.24) is 5.32 Å². The van der Waals surface area contributed by atoms with E-state index in [4.69, 9.17) is 4.74 Å². The summed E-state index contributed by atoms with van der Waals surface area (Å²) in [6.07, 6.45) is 3.39. The van der Waals surface area contributed by atoms with Crippen molar-refractivity contribution in [2.24, 2.45) is 5.92 Å². The monoisotopic (exact) mass is 654 g/mol. The number of carbonyl (C=O) groups excluding carboxylic acids is 2. The number of allylic oxidation sites excluding steroid dienone is 4. The van der Waals surface area contributed by atoms with Crippen molar-refractivity contribution in [3.63, 3.8) is 0 Å². The Labute approximate surface area is 255 Å². The normalized spacial score (nSPS) is 18.6. The van der Waals surface area contributed by atoms with Gasteiger partial charge in [0.05, 0.1) is 41.8 Å². The fraction of sp³-hybridized carbons (Fsp3) is 0.387. The van der Waals surface area contributed by atoms with Gasteiger partial charge in [0.2, 0.25) is 10.0 Å². The van der Waals surface area contributed by atoms with Gasteiger partial charge in [-0.2, -0.15) is 5.26 Å². The van der Waals surface area contributed by atoms with Gasteiger partial charge < -0.3 is 15.4 Å². The highest BCUT2D eigenvalue weighted by atomic mass is 79.9. The lowest BCUT2D eigenvalue weighted by Crippen LogP contribution is -2.34. The number of nitrogens with zero attached hydrogens (tertiary/aromatic N) is 1. The minimum Gasteiger partial charge on any atom is -0.497 e. The third-order valence-electron chi connectivity index (χ3n) is 7.48. The molecule has 222 valence electrons. The quantitative estimate of drug-likeness (QED) is 0.270. The number of sulfonamides is 1. The Morgan fingerprint density at radius 3 is 2.62 bits per heavy atom. The molecule has 2 aromatic rings. The first-order valence-electron chi connectivity index (χ1n) is 13.9. The number of benzene rings is 2. The van der Waals surface area contributed by atoms with Crippen LogP contribution in [0.3, 0.4) is 0 Å². The lowest BCUT2D eigenvalue weighted by atomic mass is 9.72. The summed E-state index contributed by atoms with van der Waals surface area (Å²) in [5.41, 5.74) is 3.61. The largest absolute Gasteiger partial charge is 0.497 e. The number of halogens is 1. The van der Waals surface area contributed by atoms with Gasteiger partial charge in [0.25, 0.3) is 5.91 Å². The van der Waals surface area contributed by atoms with Crippen molar-refractivity contribution in [2.75, 3.05) is 22.9 Å². The second kappa shape index (κ2) is 13.1. The zero-order chi connectivity index (χ0) is 30.6. The highest BCUT2D eigenvalue weighted by Gasteiger charge is 2.39. The van der Waals surface area contributed by atoms with Crippen LogP contribution >= 0.6 is 15.9 Å². The second-order valence-electron chi connectivity index (χ2n) is 10.6. The van der Waals surface area contributed by atoms with Crippen LogP contribution in [0, 0.1) is 17.2 Å². The van der Waals surface area contributed by atoms with E-state index in [-0.39, 0.29) is 28.8 Å². The molecule has 0 fully saturated rings. The van der Waals surface area contributed by atoms with E-state index in [9.17, 15) is 23.3 Å². The Bertz CT molecular complexity index is 1620. The number of dihydropyridines is 1. The number of nitriles is 1. The van der Waals surface area contributed by atoms with E-state index in [0.717, 1.165) is 18.5 Å². The molecule has 1 amide bonds. The molecule has 4 rings (SSSR count). The van der Waals surface area contributed by atoms with E-state index < -0.39 is 21.8 Å². The van der Waals surface area contributed by atoms with Crippen LogP contribution in [0.25, 0.3) is 0 Å². The maximum atomic E-state index is 13.6. The first-order valence-corrected chi connectivity index (χ1v) is 16.4. The molecule has 0 bridgehead atoms. The summed E-state index contributed by atoms with van der Waals surface area (Å²) in [7, 11) is -2.27. The lowest BCUT2D eigenvalue weighted by Gasteiger charge is -2.35. The van der Waals surface area contributed by atoms with Crippen LogP contribution in [0.1, 0.15) is 74.7 Å². The van der Waals surface area contributed by atoms with Gasteiger partial charge in [-0.3, -0.25) is 14.3 Å². The molecular weight excluding hydrogens is 620 g/mol. The highest BCUT2D eigenvalue weighted by Crippen LogP contribution is 2.46. The van der Waals surface area contributed by atoms with Gasteiger partial charge in [-0.25, -0.2) is 8.42 Å². The maximum Gasteiger partial charge on any atom is 0.255 e. The molecule has 2 aliphatic rings. The molecule has 0 aromatic heterocycles. The summed E-state index contributed by atoms with van der Waals surface area (Å²) in [4.78, 5) is 26.8. The number of carbonyl (C=O) groups is 2. The Morgan fingerprint density at radius 1 is 1.19 bits per heavy atom. The number of rotatable bonds is 10. The van der Waals surface area contributed by atoms with Gasteiger partial charge in [-0.15, -0.1) is 0 Å². The van der Waals surface area contributed by atoms with E-state index in [2.05, 4.69) is 44.3 Å². The van der Waals surface area contributed by atoms with Gasteiger partial charge in [-0.05, 0) is 83.9 Å². The van der Waals surface area contributed by atoms with Crippen LogP contribution in [-0.2, 0) is 14.8 Å². The molecule has 2 aromatic carbocycles. The van der Waals surface area contributed by atoms with E-state index >= 15 is 0 Å². The number of Topliss-reactive ketones (excluding diaryl/α,β-unsaturated/α-hetero) is 1. The molecule has 9 nitrogen and oxygen atoms in total. The molecule has 3 N–H and O–H groups in total. The Kier molecular flexibility index (Phi) is 9.79. The third kappa shape index (κ3) is 6.71. The van der Waals surface area contributed by atoms with Crippen LogP contribution in [0.5, 0.6) is 5.75 Å². The number of hydrogen-bond acceptors (Lipinski definition) is 7. The average Bonchev–Trinajstić information content (AvgIpc) is 2.93. The number of hydrogen-bond donors (Lipinski definition) is 3. The molecular formula is C31H35BrN4O5S. The van der Waals surface area contributed by atoms with Crippen molar-refractivity contribution in [3.05, 3.63) is 74.5 Å². The first-order chi connectivity index (χ1) is 20.0. The topological polar surface area (TPSA) is 137 Å². The maximum absolute atomic E-state index is 13.6. The van der Waals surface area contributed by atoms with Gasteiger partial charge in [0.1, 0.15) is 5.75 Å². The average molecular weight is 656 g/mol. The molecule has 11 heteroatoms. The number of nitrogens with one attached hydrogen (secondary N) is 3. The smallest absolute Gasteiger partial charge is 0.255 e. The molecule has 42 heavy (non-hydrogen) atoms. The van der Waals surface area contributed by atoms with Gasteiger partial charge in [-0.1, -0.05) is 26.3 Å². The molecule has 2 unspecified atom stereocenters. The predicted octanol–water partition coefficient (Wildman–Crippen LogP) is 6.38. The minimum absolute atomic E-state index is 0.0212. The van der Waals surface area contributed by atoms with E-state index in [1.165, 1.54) is 7.11 Å². The summed E-state index contributed by atoms with van der Waals surface area (Å²) in [6.45, 7) is 5.66. The van der Waals surface area contributed by atoms with E-state index in [1.807, 2.05) is 6.92 Å². The molecule has 1 aliphatic heterocycles. The predicted molar refractivity (Wildman–Crippen MR) is 167 cm³/mol. The summed E-state index contributed by atoms with van der Waals surface area (Å²) in [5.74, 6) is -0.575. The molecule has 0 radical (unpaired) electrons. The number of amides is 1.